The van der Waals surface area contributed by atoms with Crippen molar-refractivity contribution >= 4 is 42.6 Å². The molecule has 51 heavy (non-hydrogen) atoms. The highest BCUT2D eigenvalue weighted by Gasteiger charge is 2.63. The Morgan fingerprint density at radius 3 is 0.686 bits per heavy atom. The van der Waals surface area contributed by atoms with Crippen LogP contribution in [0.1, 0.15) is 178 Å². The third kappa shape index (κ3) is 12.9. The molecule has 0 aliphatic heterocycles. The quantitative estimate of drug-likeness (QED) is 0.0554. The van der Waals surface area contributed by atoms with E-state index < -0.39 is 42.6 Å². The average Bonchev–Trinajstić information content (AvgIpc) is 2.99. The molecule has 0 aromatic heterocycles. The van der Waals surface area contributed by atoms with E-state index in [-0.39, 0.29) is 0 Å². The van der Waals surface area contributed by atoms with Crippen LogP contribution in [-0.2, 0) is 25.6 Å². The Morgan fingerprint density at radius 2 is 0.490 bits per heavy atom. The van der Waals surface area contributed by atoms with Gasteiger partial charge in [-0.25, -0.2) is 0 Å². The van der Waals surface area contributed by atoms with Gasteiger partial charge in [-0.2, -0.15) is 0 Å². The largest absolute Gasteiger partial charge is 0.500 e. The summed E-state index contributed by atoms with van der Waals surface area (Å²) in [4.78, 5) is 0. The Labute approximate surface area is 326 Å². The normalized spacial score (nSPS) is 14.5. The van der Waals surface area contributed by atoms with E-state index in [1.807, 2.05) is 20.8 Å². The second kappa shape index (κ2) is 23.2. The molecule has 0 unspecified atom stereocenters. The minimum absolute atomic E-state index is 0.462. The van der Waals surface area contributed by atoms with Crippen LogP contribution in [0.4, 0.5) is 0 Å². The third-order valence-corrected chi connectivity index (χ3v) is 40.5. The molecule has 308 valence electrons. The molecule has 0 aliphatic rings. The van der Waals surface area contributed by atoms with Crippen molar-refractivity contribution in [3.05, 3.63) is 0 Å². The summed E-state index contributed by atoms with van der Waals surface area (Å²) in [5.41, 5.74) is 4.15. The highest BCUT2D eigenvalue weighted by atomic mass is 28.5. The zero-order valence-corrected chi connectivity index (χ0v) is 43.2. The summed E-state index contributed by atoms with van der Waals surface area (Å²) in [5.74, 6) is 0. The Bertz CT molecular complexity index is 759. The second-order valence-corrected chi connectivity index (χ2v) is 40.8. The van der Waals surface area contributed by atoms with Crippen molar-refractivity contribution < 1.29 is 25.6 Å². The maximum atomic E-state index is 8.23. The van der Waals surface area contributed by atoms with E-state index in [9.17, 15) is 0 Å². The first-order chi connectivity index (χ1) is 23.5. The molecular weight excluding hydrogens is 717 g/mol. The summed E-state index contributed by atoms with van der Waals surface area (Å²) >= 11 is 0. The molecule has 0 saturated carbocycles. The predicted octanol–water partition coefficient (Wildman–Crippen LogP) is 14.5. The molecule has 0 amide bonds. The first kappa shape index (κ1) is 51.8. The Balaban J connectivity index is 7.26. The summed E-state index contributed by atoms with van der Waals surface area (Å²) in [5, 5.41) is 0. The number of unbranched alkanes of at least 4 members (excludes halogenated alkanes) is 4. The standard InChI is InChI=1S/C40H92O6Si5/c1-22-41-47(42-23-2,43-24-3)30-28-26-25-27-29-31-48(44-49(32(4)5,33(6)7)34(8)9,45-50(35(10)11,36(12)13)37(14)15)46-51(38(16)17,39(18)19)40(20)21/h32-40H,22-31H2,1-21H3. The molecule has 0 aromatic carbocycles. The third-order valence-electron chi connectivity index (χ3n) is 12.2. The zero-order chi connectivity index (χ0) is 40.0. The highest BCUT2D eigenvalue weighted by Crippen LogP contribution is 2.53. The van der Waals surface area contributed by atoms with Crippen LogP contribution >= 0.6 is 0 Å². The van der Waals surface area contributed by atoms with Crippen LogP contribution < -0.4 is 0 Å². The molecule has 0 fully saturated rings. The van der Waals surface area contributed by atoms with E-state index >= 15 is 0 Å². The van der Waals surface area contributed by atoms with E-state index in [1.165, 1.54) is 6.42 Å². The molecule has 0 spiro atoms. The van der Waals surface area contributed by atoms with Crippen molar-refractivity contribution in [1.82, 2.24) is 0 Å². The van der Waals surface area contributed by atoms with Crippen LogP contribution in [0.2, 0.25) is 62.0 Å². The monoisotopic (exact) mass is 809 g/mol. The average molecular weight is 810 g/mol. The van der Waals surface area contributed by atoms with Crippen molar-refractivity contribution in [2.75, 3.05) is 19.8 Å². The smallest absolute Gasteiger partial charge is 0.415 e. The van der Waals surface area contributed by atoms with Crippen LogP contribution in [0.5, 0.6) is 0 Å². The molecule has 0 atom stereocenters. The van der Waals surface area contributed by atoms with Gasteiger partial charge in [-0.3, -0.25) is 0 Å². The highest BCUT2D eigenvalue weighted by molar-refractivity contribution is 6.94. The van der Waals surface area contributed by atoms with Gasteiger partial charge in [0.15, 0.2) is 25.0 Å². The molecule has 0 aromatic rings. The summed E-state index contributed by atoms with van der Waals surface area (Å²) in [6, 6.07) is 1.81. The molecule has 11 heteroatoms. The zero-order valence-electron chi connectivity index (χ0n) is 38.2. The van der Waals surface area contributed by atoms with Gasteiger partial charge in [0.1, 0.15) is 0 Å². The van der Waals surface area contributed by atoms with Crippen molar-refractivity contribution in [2.24, 2.45) is 0 Å². The maximum absolute atomic E-state index is 8.23. The van der Waals surface area contributed by atoms with Gasteiger partial charge in [-0.15, -0.1) is 0 Å². The topological polar surface area (TPSA) is 55.4 Å². The summed E-state index contributed by atoms with van der Waals surface area (Å²) < 4.78 is 43.2. The van der Waals surface area contributed by atoms with Gasteiger partial charge in [0.05, 0.1) is 0 Å². The molecule has 0 aliphatic carbocycles. The van der Waals surface area contributed by atoms with Crippen molar-refractivity contribution in [3.63, 3.8) is 0 Å². The van der Waals surface area contributed by atoms with E-state index in [2.05, 4.69) is 125 Å². The summed E-state index contributed by atoms with van der Waals surface area (Å²) in [6.07, 6.45) is 5.61. The minimum Gasteiger partial charge on any atom is -0.415 e. The minimum atomic E-state index is -3.27. The Hall–Kier alpha value is 0.844. The fourth-order valence-electron chi connectivity index (χ4n) is 10.3. The van der Waals surface area contributed by atoms with Gasteiger partial charge in [0.25, 0.3) is 0 Å². The molecule has 0 heterocycles. The molecule has 0 saturated heterocycles. The fraction of sp³-hybridized carbons (Fsp3) is 1.00. The van der Waals surface area contributed by atoms with Crippen molar-refractivity contribution in [3.8, 4) is 0 Å². The molecule has 0 radical (unpaired) electrons. The molecule has 6 nitrogen and oxygen atoms in total. The van der Waals surface area contributed by atoms with Gasteiger partial charge in [-0.05, 0) is 83.5 Å². The first-order valence-corrected chi connectivity index (χ1v) is 31.8. The maximum Gasteiger partial charge on any atom is 0.500 e. The van der Waals surface area contributed by atoms with Gasteiger partial charge < -0.3 is 25.6 Å². The van der Waals surface area contributed by atoms with Crippen LogP contribution in [-0.4, -0.2) is 62.4 Å². The fourth-order valence-corrected chi connectivity index (χ4v) is 43.5. The predicted molar refractivity (Wildman–Crippen MR) is 235 cm³/mol. The SMILES string of the molecule is CCO[Si](CCCCCCC[Si](O[Si](C(C)C)(C(C)C)C(C)C)(O[Si](C(C)C)(C(C)C)C(C)C)O[Si](C(C)C)(C(C)C)C(C)C)(OCC)OCC. The van der Waals surface area contributed by atoms with Crippen molar-refractivity contribution in [2.45, 2.75) is 239 Å². The van der Waals surface area contributed by atoms with Crippen LogP contribution in [0.25, 0.3) is 0 Å². The Kier molecular flexibility index (Phi) is 23.5. The lowest BCUT2D eigenvalue weighted by Crippen LogP contribution is -2.69. The second-order valence-electron chi connectivity index (χ2n) is 18.2. The van der Waals surface area contributed by atoms with Crippen LogP contribution in [0.15, 0.2) is 0 Å². The van der Waals surface area contributed by atoms with Gasteiger partial charge in [0, 0.05) is 31.9 Å². The number of rotatable bonds is 29. The lowest BCUT2D eigenvalue weighted by molar-refractivity contribution is 0.0706. The van der Waals surface area contributed by atoms with Gasteiger partial charge in [0.2, 0.25) is 0 Å². The molecule has 0 N–H and O–H groups in total. The van der Waals surface area contributed by atoms with Crippen LogP contribution in [0, 0.1) is 0 Å². The van der Waals surface area contributed by atoms with E-state index in [4.69, 9.17) is 25.6 Å². The Morgan fingerprint density at radius 1 is 0.294 bits per heavy atom. The van der Waals surface area contributed by atoms with E-state index in [0.717, 1.165) is 37.8 Å². The van der Waals surface area contributed by atoms with Crippen LogP contribution in [0.3, 0.4) is 0 Å². The van der Waals surface area contributed by atoms with Gasteiger partial charge in [-0.1, -0.05) is 144 Å². The number of hydrogen-bond donors (Lipinski definition) is 0. The van der Waals surface area contributed by atoms with Crippen molar-refractivity contribution in [1.29, 1.82) is 0 Å². The number of hydrogen-bond acceptors (Lipinski definition) is 6. The first-order valence-electron chi connectivity index (χ1n) is 21.5. The molecular formula is C40H92O6Si5. The lowest BCUT2D eigenvalue weighted by atomic mass is 10.2. The van der Waals surface area contributed by atoms with E-state index in [0.29, 0.717) is 69.7 Å². The lowest BCUT2D eigenvalue weighted by Gasteiger charge is -2.56. The summed E-state index contributed by atoms with van der Waals surface area (Å²) in [7, 11) is -13.0. The molecule has 0 bridgehead atoms. The summed E-state index contributed by atoms with van der Waals surface area (Å²) in [6.45, 7) is 51.7. The van der Waals surface area contributed by atoms with Gasteiger partial charge >= 0.3 is 17.6 Å². The molecule has 0 rings (SSSR count). The van der Waals surface area contributed by atoms with E-state index in [1.54, 1.807) is 0 Å².